The third-order valence-electron chi connectivity index (χ3n) is 5.19. The van der Waals surface area contributed by atoms with Gasteiger partial charge in [0.25, 0.3) is 11.1 Å². The summed E-state index contributed by atoms with van der Waals surface area (Å²) in [5.41, 5.74) is 0.837. The van der Waals surface area contributed by atoms with Gasteiger partial charge in [-0.25, -0.2) is 4.79 Å². The van der Waals surface area contributed by atoms with Gasteiger partial charge in [-0.05, 0) is 101 Å². The number of hydrogen-bond donors (Lipinski definition) is 0. The van der Waals surface area contributed by atoms with E-state index in [1.165, 1.54) is 0 Å². The number of carbonyl (C=O) groups excluding carboxylic acids is 3. The van der Waals surface area contributed by atoms with Crippen molar-refractivity contribution in [1.29, 1.82) is 0 Å². The van der Waals surface area contributed by atoms with Crippen molar-refractivity contribution < 1.29 is 28.6 Å². The van der Waals surface area contributed by atoms with Gasteiger partial charge in [0.1, 0.15) is 12.4 Å². The summed E-state index contributed by atoms with van der Waals surface area (Å²) in [5, 5.41) is 0.477. The monoisotopic (exact) mass is 683 g/mol. The minimum atomic E-state index is -0.621. The van der Waals surface area contributed by atoms with E-state index >= 15 is 0 Å². The molecule has 0 spiro atoms. The maximum atomic E-state index is 12.9. The standard InChI is InChI=1S/C27H20Cl2INO6S/c1-2-35-22-14-16(13-21(30)24(22)37-26(33)19-5-3-4-6-20(19)29)15-23-25(32)31(27(34)38-23)11-12-36-18-9-7-17(28)8-10-18/h3-10,13-15H,2,11-12H2,1H3/b23-15-. The van der Waals surface area contributed by atoms with Crippen LogP contribution in [0.2, 0.25) is 10.0 Å². The molecule has 1 heterocycles. The van der Waals surface area contributed by atoms with Crippen LogP contribution in [0.4, 0.5) is 4.79 Å². The Labute approximate surface area is 247 Å². The van der Waals surface area contributed by atoms with Crippen LogP contribution >= 0.6 is 57.6 Å². The molecule has 7 nitrogen and oxygen atoms in total. The van der Waals surface area contributed by atoms with Crippen molar-refractivity contribution in [2.24, 2.45) is 0 Å². The molecule has 11 heteroatoms. The lowest BCUT2D eigenvalue weighted by Gasteiger charge is -2.14. The maximum absolute atomic E-state index is 12.9. The highest BCUT2D eigenvalue weighted by molar-refractivity contribution is 14.1. The van der Waals surface area contributed by atoms with Crippen molar-refractivity contribution in [3.8, 4) is 17.2 Å². The van der Waals surface area contributed by atoms with E-state index in [1.807, 2.05) is 22.6 Å². The number of amides is 2. The lowest BCUT2D eigenvalue weighted by molar-refractivity contribution is -0.123. The third-order valence-corrected chi connectivity index (χ3v) is 7.48. The van der Waals surface area contributed by atoms with Gasteiger partial charge in [-0.2, -0.15) is 0 Å². The second-order valence-corrected chi connectivity index (χ2v) is 10.8. The number of nitrogens with zero attached hydrogens (tertiary/aromatic N) is 1. The Hall–Kier alpha value is -2.73. The smallest absolute Gasteiger partial charge is 0.345 e. The second-order valence-electron chi connectivity index (χ2n) is 7.77. The van der Waals surface area contributed by atoms with Crippen molar-refractivity contribution in [2.45, 2.75) is 6.92 Å². The van der Waals surface area contributed by atoms with Gasteiger partial charge in [-0.15, -0.1) is 0 Å². The quantitative estimate of drug-likeness (QED) is 0.101. The molecule has 0 aliphatic carbocycles. The van der Waals surface area contributed by atoms with Crippen LogP contribution < -0.4 is 14.2 Å². The van der Waals surface area contributed by atoms with Crippen LogP contribution in [-0.2, 0) is 4.79 Å². The Morgan fingerprint density at radius 1 is 1.05 bits per heavy atom. The number of benzene rings is 3. The Morgan fingerprint density at radius 3 is 2.50 bits per heavy atom. The van der Waals surface area contributed by atoms with Gasteiger partial charge in [0.05, 0.1) is 32.2 Å². The summed E-state index contributed by atoms with van der Waals surface area (Å²) in [6.07, 6.45) is 1.61. The molecule has 1 fully saturated rings. The summed E-state index contributed by atoms with van der Waals surface area (Å²) in [5.74, 6) is 0.111. The number of thioether (sulfide) groups is 1. The van der Waals surface area contributed by atoms with Crippen molar-refractivity contribution in [3.05, 3.63) is 90.3 Å². The van der Waals surface area contributed by atoms with Gasteiger partial charge < -0.3 is 14.2 Å². The number of rotatable bonds is 9. The first-order valence-electron chi connectivity index (χ1n) is 11.3. The Morgan fingerprint density at radius 2 is 1.79 bits per heavy atom. The Kier molecular flexibility index (Phi) is 9.59. The van der Waals surface area contributed by atoms with E-state index in [-0.39, 0.29) is 39.6 Å². The molecular weight excluding hydrogens is 664 g/mol. The Balaban J connectivity index is 1.49. The maximum Gasteiger partial charge on any atom is 0.345 e. The molecule has 1 saturated heterocycles. The summed E-state index contributed by atoms with van der Waals surface area (Å²) in [4.78, 5) is 39.6. The highest BCUT2D eigenvalue weighted by atomic mass is 127. The molecule has 0 radical (unpaired) electrons. The first kappa shape index (κ1) is 28.3. The molecule has 1 aliphatic rings. The molecule has 3 aromatic rings. The molecule has 0 bridgehead atoms. The van der Waals surface area contributed by atoms with Crippen LogP contribution in [0.3, 0.4) is 0 Å². The zero-order valence-electron chi connectivity index (χ0n) is 19.9. The molecule has 3 aromatic carbocycles. The fourth-order valence-electron chi connectivity index (χ4n) is 3.44. The van der Waals surface area contributed by atoms with Crippen molar-refractivity contribution in [3.63, 3.8) is 0 Å². The first-order chi connectivity index (χ1) is 18.3. The molecule has 0 saturated carbocycles. The summed E-state index contributed by atoms with van der Waals surface area (Å²) >= 11 is 14.9. The van der Waals surface area contributed by atoms with E-state index in [4.69, 9.17) is 37.4 Å². The molecular formula is C27H20Cl2INO6S. The summed E-state index contributed by atoms with van der Waals surface area (Å²) in [6.45, 7) is 2.37. The largest absolute Gasteiger partial charge is 0.492 e. The molecule has 0 atom stereocenters. The molecule has 0 unspecified atom stereocenters. The van der Waals surface area contributed by atoms with E-state index in [0.717, 1.165) is 16.7 Å². The van der Waals surface area contributed by atoms with Crippen LogP contribution in [0.5, 0.6) is 17.2 Å². The predicted molar refractivity (Wildman–Crippen MR) is 156 cm³/mol. The molecule has 2 amide bonds. The first-order valence-corrected chi connectivity index (χ1v) is 14.0. The Bertz CT molecular complexity index is 1410. The van der Waals surface area contributed by atoms with Gasteiger partial charge in [0, 0.05) is 5.02 Å². The molecule has 0 N–H and O–H groups in total. The van der Waals surface area contributed by atoms with Crippen LogP contribution in [-0.4, -0.2) is 41.8 Å². The zero-order valence-corrected chi connectivity index (χ0v) is 24.4. The fraction of sp³-hybridized carbons (Fsp3) is 0.148. The molecule has 196 valence electrons. The van der Waals surface area contributed by atoms with Crippen molar-refractivity contribution in [2.75, 3.05) is 19.8 Å². The average molecular weight is 684 g/mol. The van der Waals surface area contributed by atoms with E-state index in [2.05, 4.69) is 0 Å². The number of hydrogen-bond acceptors (Lipinski definition) is 7. The van der Waals surface area contributed by atoms with Crippen LogP contribution in [0.25, 0.3) is 6.08 Å². The van der Waals surface area contributed by atoms with E-state index in [0.29, 0.717) is 32.3 Å². The highest BCUT2D eigenvalue weighted by Gasteiger charge is 2.35. The van der Waals surface area contributed by atoms with Gasteiger partial charge in [-0.1, -0.05) is 35.3 Å². The zero-order chi connectivity index (χ0) is 27.2. The van der Waals surface area contributed by atoms with Gasteiger partial charge in [0.2, 0.25) is 0 Å². The van der Waals surface area contributed by atoms with Gasteiger partial charge in [-0.3, -0.25) is 14.5 Å². The van der Waals surface area contributed by atoms with E-state index in [1.54, 1.807) is 73.7 Å². The lowest BCUT2D eigenvalue weighted by Crippen LogP contribution is -2.32. The van der Waals surface area contributed by atoms with Crippen LogP contribution in [0, 0.1) is 3.57 Å². The summed E-state index contributed by atoms with van der Waals surface area (Å²) in [7, 11) is 0. The summed E-state index contributed by atoms with van der Waals surface area (Å²) in [6, 6.07) is 16.8. The normalized spacial score (nSPS) is 14.2. The SMILES string of the molecule is CCOc1cc(/C=C2\SC(=O)N(CCOc3ccc(Cl)cc3)C2=O)cc(I)c1OC(=O)c1ccccc1Cl. The van der Waals surface area contributed by atoms with Crippen LogP contribution in [0.1, 0.15) is 22.8 Å². The predicted octanol–water partition coefficient (Wildman–Crippen LogP) is 7.33. The third kappa shape index (κ3) is 6.82. The fourth-order valence-corrected chi connectivity index (χ4v) is 5.38. The van der Waals surface area contributed by atoms with Gasteiger partial charge in [0.15, 0.2) is 11.5 Å². The van der Waals surface area contributed by atoms with Crippen molar-refractivity contribution >= 4 is 80.7 Å². The lowest BCUT2D eigenvalue weighted by atomic mass is 10.1. The topological polar surface area (TPSA) is 82.1 Å². The average Bonchev–Trinajstić information content (AvgIpc) is 3.15. The molecule has 38 heavy (non-hydrogen) atoms. The number of halogens is 3. The second kappa shape index (κ2) is 12.9. The van der Waals surface area contributed by atoms with Crippen molar-refractivity contribution in [1.82, 2.24) is 4.90 Å². The van der Waals surface area contributed by atoms with E-state index in [9.17, 15) is 14.4 Å². The number of carbonyl (C=O) groups is 3. The minimum absolute atomic E-state index is 0.100. The molecule has 4 rings (SSSR count). The van der Waals surface area contributed by atoms with Crippen LogP contribution in [0.15, 0.2) is 65.6 Å². The van der Waals surface area contributed by atoms with E-state index < -0.39 is 11.9 Å². The molecule has 0 aromatic heterocycles. The summed E-state index contributed by atoms with van der Waals surface area (Å²) < 4.78 is 17.5. The minimum Gasteiger partial charge on any atom is -0.492 e. The highest BCUT2D eigenvalue weighted by Crippen LogP contribution is 2.38. The number of imide groups is 1. The van der Waals surface area contributed by atoms with Gasteiger partial charge >= 0.3 is 5.97 Å². The molecule has 1 aliphatic heterocycles. The number of ether oxygens (including phenoxy) is 3. The number of esters is 1.